The number of nitrogens with zero attached hydrogens (tertiary/aromatic N) is 2. The zero-order valence-corrected chi connectivity index (χ0v) is 12.5. The van der Waals surface area contributed by atoms with E-state index in [0.29, 0.717) is 6.04 Å². The number of rotatable bonds is 5. The highest BCUT2D eigenvalue weighted by molar-refractivity contribution is 5.43. The lowest BCUT2D eigenvalue weighted by molar-refractivity contribution is 0.121. The lowest BCUT2D eigenvalue weighted by atomic mass is 9.93. The van der Waals surface area contributed by atoms with Crippen LogP contribution in [-0.4, -0.2) is 29.0 Å². The van der Waals surface area contributed by atoms with Crippen LogP contribution >= 0.6 is 0 Å². The molecule has 2 rings (SSSR count). The van der Waals surface area contributed by atoms with Crippen molar-refractivity contribution in [1.82, 2.24) is 9.88 Å². The van der Waals surface area contributed by atoms with Gasteiger partial charge in [0, 0.05) is 31.0 Å². The van der Waals surface area contributed by atoms with Gasteiger partial charge in [-0.3, -0.25) is 9.88 Å². The van der Waals surface area contributed by atoms with E-state index in [1.54, 1.807) is 0 Å². The van der Waals surface area contributed by atoms with Gasteiger partial charge in [0.15, 0.2) is 0 Å². The van der Waals surface area contributed by atoms with Crippen LogP contribution in [0.4, 0.5) is 5.69 Å². The minimum absolute atomic E-state index is 0.679. The molecule has 19 heavy (non-hydrogen) atoms. The molecule has 3 heteroatoms. The summed E-state index contributed by atoms with van der Waals surface area (Å²) in [4.78, 5) is 7.07. The third kappa shape index (κ3) is 4.20. The molecular formula is C16H27N3. The van der Waals surface area contributed by atoms with E-state index in [1.165, 1.54) is 30.8 Å². The van der Waals surface area contributed by atoms with Gasteiger partial charge in [-0.1, -0.05) is 13.8 Å². The lowest BCUT2D eigenvalue weighted by Gasteiger charge is -2.36. The first-order chi connectivity index (χ1) is 9.19. The van der Waals surface area contributed by atoms with E-state index >= 15 is 0 Å². The molecule has 1 fully saturated rings. The summed E-state index contributed by atoms with van der Waals surface area (Å²) >= 11 is 0. The van der Waals surface area contributed by atoms with Gasteiger partial charge in [0.1, 0.15) is 0 Å². The first-order valence-electron chi connectivity index (χ1n) is 7.62. The predicted molar refractivity (Wildman–Crippen MR) is 81.3 cm³/mol. The summed E-state index contributed by atoms with van der Waals surface area (Å²) in [6.45, 7) is 10.1. The van der Waals surface area contributed by atoms with E-state index in [-0.39, 0.29) is 0 Å². The number of piperidine rings is 1. The standard InChI is InChI=1S/C16H27N3/c1-4-7-17-15-5-8-18-16(11-15)12-19-9-6-13(2)10-14(19)3/h5,8,11,13-14H,4,6-7,9-10,12H2,1-3H3,(H,17,18). The number of hydrogen-bond donors (Lipinski definition) is 1. The molecule has 2 atom stereocenters. The van der Waals surface area contributed by atoms with Gasteiger partial charge in [0.25, 0.3) is 0 Å². The summed E-state index contributed by atoms with van der Waals surface area (Å²) in [5.41, 5.74) is 2.38. The minimum Gasteiger partial charge on any atom is -0.385 e. The Morgan fingerprint density at radius 3 is 3.00 bits per heavy atom. The van der Waals surface area contributed by atoms with Gasteiger partial charge >= 0.3 is 0 Å². The molecule has 1 aromatic heterocycles. The first-order valence-corrected chi connectivity index (χ1v) is 7.62. The molecule has 0 aliphatic carbocycles. The van der Waals surface area contributed by atoms with Crippen LogP contribution in [0.3, 0.4) is 0 Å². The van der Waals surface area contributed by atoms with Crippen molar-refractivity contribution in [3.8, 4) is 0 Å². The van der Waals surface area contributed by atoms with Crippen LogP contribution in [0.5, 0.6) is 0 Å². The molecule has 2 heterocycles. The van der Waals surface area contributed by atoms with Crippen LogP contribution in [0.15, 0.2) is 18.3 Å². The van der Waals surface area contributed by atoms with Crippen molar-refractivity contribution in [3.05, 3.63) is 24.0 Å². The van der Waals surface area contributed by atoms with E-state index in [1.807, 2.05) is 6.20 Å². The summed E-state index contributed by atoms with van der Waals surface area (Å²) in [6.07, 6.45) is 5.70. The Morgan fingerprint density at radius 2 is 2.26 bits per heavy atom. The molecule has 0 aromatic carbocycles. The van der Waals surface area contributed by atoms with Crippen molar-refractivity contribution in [2.45, 2.75) is 52.6 Å². The van der Waals surface area contributed by atoms with Gasteiger partial charge in [-0.15, -0.1) is 0 Å². The molecular weight excluding hydrogens is 234 g/mol. The molecule has 0 radical (unpaired) electrons. The van der Waals surface area contributed by atoms with Gasteiger partial charge in [0.2, 0.25) is 0 Å². The highest BCUT2D eigenvalue weighted by atomic mass is 15.2. The SMILES string of the molecule is CCCNc1ccnc(CN2CCC(C)CC2C)c1. The highest BCUT2D eigenvalue weighted by Crippen LogP contribution is 2.23. The number of likely N-dealkylation sites (tertiary alicyclic amines) is 1. The number of hydrogen-bond acceptors (Lipinski definition) is 3. The molecule has 1 aliphatic rings. The zero-order valence-electron chi connectivity index (χ0n) is 12.5. The molecule has 1 saturated heterocycles. The summed E-state index contributed by atoms with van der Waals surface area (Å²) < 4.78 is 0. The maximum absolute atomic E-state index is 4.51. The normalized spacial score (nSPS) is 24.4. The number of pyridine rings is 1. The molecule has 1 N–H and O–H groups in total. The molecule has 2 unspecified atom stereocenters. The monoisotopic (exact) mass is 261 g/mol. The summed E-state index contributed by atoms with van der Waals surface area (Å²) in [5, 5.41) is 3.43. The van der Waals surface area contributed by atoms with Gasteiger partial charge in [0.05, 0.1) is 5.69 Å². The topological polar surface area (TPSA) is 28.2 Å². The predicted octanol–water partition coefficient (Wildman–Crippen LogP) is 3.52. The Kier molecular flexibility index (Phi) is 5.20. The number of nitrogens with one attached hydrogen (secondary N) is 1. The maximum Gasteiger partial charge on any atom is 0.0564 e. The second-order valence-electron chi connectivity index (χ2n) is 5.91. The van der Waals surface area contributed by atoms with E-state index in [0.717, 1.165) is 25.4 Å². The third-order valence-electron chi connectivity index (χ3n) is 4.04. The quantitative estimate of drug-likeness (QED) is 0.879. The second kappa shape index (κ2) is 6.90. The summed E-state index contributed by atoms with van der Waals surface area (Å²) in [6, 6.07) is 4.93. The largest absolute Gasteiger partial charge is 0.385 e. The minimum atomic E-state index is 0.679. The Bertz CT molecular complexity index is 391. The molecule has 106 valence electrons. The Morgan fingerprint density at radius 1 is 1.42 bits per heavy atom. The molecule has 1 aromatic rings. The summed E-state index contributed by atoms with van der Waals surface area (Å²) in [5.74, 6) is 0.872. The lowest BCUT2D eigenvalue weighted by Crippen LogP contribution is -2.39. The van der Waals surface area contributed by atoms with E-state index in [2.05, 4.69) is 48.1 Å². The van der Waals surface area contributed by atoms with Crippen LogP contribution in [0, 0.1) is 5.92 Å². The van der Waals surface area contributed by atoms with E-state index in [4.69, 9.17) is 0 Å². The van der Waals surface area contributed by atoms with Gasteiger partial charge in [-0.25, -0.2) is 0 Å². The van der Waals surface area contributed by atoms with Crippen molar-refractivity contribution < 1.29 is 0 Å². The smallest absolute Gasteiger partial charge is 0.0564 e. The third-order valence-corrected chi connectivity index (χ3v) is 4.04. The van der Waals surface area contributed by atoms with Gasteiger partial charge in [-0.2, -0.15) is 0 Å². The fraction of sp³-hybridized carbons (Fsp3) is 0.688. The van der Waals surface area contributed by atoms with Gasteiger partial charge in [-0.05, 0) is 50.8 Å². The molecule has 0 spiro atoms. The molecule has 3 nitrogen and oxygen atoms in total. The van der Waals surface area contributed by atoms with Crippen LogP contribution in [0.2, 0.25) is 0 Å². The molecule has 0 bridgehead atoms. The maximum atomic E-state index is 4.51. The van der Waals surface area contributed by atoms with Crippen LogP contribution < -0.4 is 5.32 Å². The van der Waals surface area contributed by atoms with Crippen LogP contribution in [0.1, 0.15) is 45.7 Å². The van der Waals surface area contributed by atoms with Crippen LogP contribution in [-0.2, 0) is 6.54 Å². The highest BCUT2D eigenvalue weighted by Gasteiger charge is 2.22. The van der Waals surface area contributed by atoms with Crippen molar-refractivity contribution in [3.63, 3.8) is 0 Å². The fourth-order valence-corrected chi connectivity index (χ4v) is 2.84. The fourth-order valence-electron chi connectivity index (χ4n) is 2.84. The molecule has 0 saturated carbocycles. The van der Waals surface area contributed by atoms with Crippen LogP contribution in [0.25, 0.3) is 0 Å². The van der Waals surface area contributed by atoms with Crippen molar-refractivity contribution in [2.75, 3.05) is 18.4 Å². The average Bonchev–Trinajstić information content (AvgIpc) is 2.40. The van der Waals surface area contributed by atoms with E-state index in [9.17, 15) is 0 Å². The van der Waals surface area contributed by atoms with Crippen molar-refractivity contribution in [1.29, 1.82) is 0 Å². The zero-order chi connectivity index (χ0) is 13.7. The van der Waals surface area contributed by atoms with Crippen molar-refractivity contribution >= 4 is 5.69 Å². The average molecular weight is 261 g/mol. The molecule has 0 amide bonds. The van der Waals surface area contributed by atoms with E-state index < -0.39 is 0 Å². The number of aromatic nitrogens is 1. The molecule has 1 aliphatic heterocycles. The summed E-state index contributed by atoms with van der Waals surface area (Å²) in [7, 11) is 0. The Labute approximate surface area is 117 Å². The Hall–Kier alpha value is -1.09. The number of anilines is 1. The Balaban J connectivity index is 1.94. The van der Waals surface area contributed by atoms with Crippen molar-refractivity contribution in [2.24, 2.45) is 5.92 Å². The first kappa shape index (κ1) is 14.3. The second-order valence-corrected chi connectivity index (χ2v) is 5.91. The van der Waals surface area contributed by atoms with Gasteiger partial charge < -0.3 is 5.32 Å².